The Labute approximate surface area is 172 Å². The van der Waals surface area contributed by atoms with Crippen LogP contribution in [0.5, 0.6) is 0 Å². The average Bonchev–Trinajstić information content (AvgIpc) is 3.29. The monoisotopic (exact) mass is 420 g/mol. The molecule has 0 saturated carbocycles. The Morgan fingerprint density at radius 3 is 2.33 bits per heavy atom. The van der Waals surface area contributed by atoms with Gasteiger partial charge in [0.05, 0.1) is 5.69 Å². The Bertz CT molecular complexity index is 942. The van der Waals surface area contributed by atoms with Gasteiger partial charge in [0.2, 0.25) is 5.95 Å². The van der Waals surface area contributed by atoms with Crippen LogP contribution in [0.3, 0.4) is 0 Å². The quantitative estimate of drug-likeness (QED) is 0.773. The van der Waals surface area contributed by atoms with Crippen LogP contribution in [-0.2, 0) is 0 Å². The number of aromatic nitrogens is 2. The number of carbonyl (C=O) groups is 1. The maximum absolute atomic E-state index is 13.8. The molecule has 1 N–H and O–H groups in total. The van der Waals surface area contributed by atoms with Crippen LogP contribution in [0, 0.1) is 24.4 Å². The predicted octanol–water partition coefficient (Wildman–Crippen LogP) is 3.16. The van der Waals surface area contributed by atoms with Crippen LogP contribution >= 0.6 is 0 Å². The molecule has 10 heteroatoms. The fraction of sp³-hybridized carbons (Fsp3) is 0.450. The summed E-state index contributed by atoms with van der Waals surface area (Å²) in [6.07, 6.45) is 2.31. The number of rotatable bonds is 3. The molecule has 2 amide bonds. The molecule has 2 aromatic rings. The Morgan fingerprint density at radius 1 is 0.933 bits per heavy atom. The zero-order valence-corrected chi connectivity index (χ0v) is 16.7. The standard InChI is InChI=1S/C20H23F3N6O/c1-13-12-16(27-6-2-3-7-27)26-19(24-13)28-8-10-29(11-9-28)20(30)25-15-5-4-14(21)17(22)18(15)23/h4-5,12H,2-3,6-11H2,1H3,(H,25,30). The summed E-state index contributed by atoms with van der Waals surface area (Å²) in [4.78, 5) is 27.4. The first-order valence-electron chi connectivity index (χ1n) is 9.97. The van der Waals surface area contributed by atoms with Crippen molar-refractivity contribution in [2.75, 3.05) is 54.4 Å². The van der Waals surface area contributed by atoms with Crippen molar-refractivity contribution in [3.05, 3.63) is 41.3 Å². The molecule has 3 heterocycles. The van der Waals surface area contributed by atoms with Gasteiger partial charge >= 0.3 is 6.03 Å². The first-order valence-corrected chi connectivity index (χ1v) is 9.97. The maximum atomic E-state index is 13.8. The van der Waals surface area contributed by atoms with Crippen molar-refractivity contribution in [1.29, 1.82) is 0 Å². The molecule has 2 fully saturated rings. The van der Waals surface area contributed by atoms with Gasteiger partial charge in [-0.2, -0.15) is 4.98 Å². The first kappa shape index (κ1) is 20.2. The second-order valence-electron chi connectivity index (χ2n) is 7.49. The summed E-state index contributed by atoms with van der Waals surface area (Å²) in [5.41, 5.74) is 0.495. The van der Waals surface area contributed by atoms with Crippen molar-refractivity contribution in [2.24, 2.45) is 0 Å². The lowest BCUT2D eigenvalue weighted by molar-refractivity contribution is 0.207. The van der Waals surface area contributed by atoms with E-state index in [1.807, 2.05) is 17.9 Å². The minimum atomic E-state index is -1.61. The summed E-state index contributed by atoms with van der Waals surface area (Å²) in [5, 5.41) is 2.31. The Morgan fingerprint density at radius 2 is 1.63 bits per heavy atom. The highest BCUT2D eigenvalue weighted by atomic mass is 19.2. The molecule has 0 spiro atoms. The topological polar surface area (TPSA) is 64.6 Å². The van der Waals surface area contributed by atoms with Crippen molar-refractivity contribution in [3.8, 4) is 0 Å². The third-order valence-corrected chi connectivity index (χ3v) is 5.39. The average molecular weight is 420 g/mol. The summed E-state index contributed by atoms with van der Waals surface area (Å²) < 4.78 is 40.2. The lowest BCUT2D eigenvalue weighted by Gasteiger charge is -2.35. The Balaban J connectivity index is 1.39. The van der Waals surface area contributed by atoms with Crippen LogP contribution in [0.15, 0.2) is 18.2 Å². The second-order valence-corrected chi connectivity index (χ2v) is 7.49. The fourth-order valence-electron chi connectivity index (χ4n) is 3.71. The molecule has 7 nitrogen and oxygen atoms in total. The van der Waals surface area contributed by atoms with E-state index in [4.69, 9.17) is 4.98 Å². The highest BCUT2D eigenvalue weighted by Crippen LogP contribution is 2.23. The number of carbonyl (C=O) groups excluding carboxylic acids is 1. The van der Waals surface area contributed by atoms with E-state index in [2.05, 4.69) is 15.2 Å². The number of anilines is 3. The van der Waals surface area contributed by atoms with E-state index >= 15 is 0 Å². The normalized spacial score (nSPS) is 16.9. The molecule has 0 atom stereocenters. The van der Waals surface area contributed by atoms with Gasteiger partial charge in [-0.25, -0.2) is 22.9 Å². The summed E-state index contributed by atoms with van der Waals surface area (Å²) in [5.74, 6) is -2.77. The van der Waals surface area contributed by atoms with Crippen LogP contribution in [0.2, 0.25) is 0 Å². The zero-order valence-electron chi connectivity index (χ0n) is 16.7. The number of nitrogens with one attached hydrogen (secondary N) is 1. The summed E-state index contributed by atoms with van der Waals surface area (Å²) >= 11 is 0. The lowest BCUT2D eigenvalue weighted by Crippen LogP contribution is -2.50. The molecule has 2 saturated heterocycles. The fourth-order valence-corrected chi connectivity index (χ4v) is 3.71. The molecule has 2 aliphatic rings. The van der Waals surface area contributed by atoms with E-state index in [1.165, 1.54) is 4.90 Å². The van der Waals surface area contributed by atoms with Crippen molar-refractivity contribution in [2.45, 2.75) is 19.8 Å². The summed E-state index contributed by atoms with van der Waals surface area (Å²) in [6, 6.07) is 3.19. The first-order chi connectivity index (χ1) is 14.4. The van der Waals surface area contributed by atoms with Crippen LogP contribution in [-0.4, -0.2) is 60.2 Å². The molecule has 0 radical (unpaired) electrons. The van der Waals surface area contributed by atoms with Crippen molar-refractivity contribution >= 4 is 23.5 Å². The number of aryl methyl sites for hydroxylation is 1. The number of hydrogen-bond acceptors (Lipinski definition) is 5. The SMILES string of the molecule is Cc1cc(N2CCCC2)nc(N2CCN(C(=O)Nc3ccc(F)c(F)c3F)CC2)n1. The van der Waals surface area contributed by atoms with Crippen LogP contribution < -0.4 is 15.1 Å². The van der Waals surface area contributed by atoms with Gasteiger partial charge < -0.3 is 20.0 Å². The number of hydrogen-bond donors (Lipinski definition) is 1. The van der Waals surface area contributed by atoms with Gasteiger partial charge in [0.25, 0.3) is 0 Å². The van der Waals surface area contributed by atoms with Gasteiger partial charge in [-0.05, 0) is 31.9 Å². The van der Waals surface area contributed by atoms with Gasteiger partial charge in [0, 0.05) is 51.0 Å². The van der Waals surface area contributed by atoms with Gasteiger partial charge in [-0.3, -0.25) is 0 Å². The molecule has 4 rings (SSSR count). The van der Waals surface area contributed by atoms with Gasteiger partial charge in [-0.15, -0.1) is 0 Å². The molecule has 0 bridgehead atoms. The molecular formula is C20H23F3N6O. The zero-order chi connectivity index (χ0) is 21.3. The van der Waals surface area contributed by atoms with Gasteiger partial charge in [0.1, 0.15) is 5.82 Å². The van der Waals surface area contributed by atoms with Crippen LogP contribution in [0.1, 0.15) is 18.5 Å². The molecule has 160 valence electrons. The number of urea groups is 1. The van der Waals surface area contributed by atoms with Gasteiger partial charge in [0.15, 0.2) is 17.5 Å². The van der Waals surface area contributed by atoms with E-state index in [0.717, 1.165) is 49.6 Å². The minimum absolute atomic E-state index is 0.369. The number of amides is 2. The number of halogens is 3. The predicted molar refractivity (Wildman–Crippen MR) is 107 cm³/mol. The second kappa shape index (κ2) is 8.37. The third-order valence-electron chi connectivity index (χ3n) is 5.39. The third kappa shape index (κ3) is 4.12. The van der Waals surface area contributed by atoms with E-state index in [1.54, 1.807) is 0 Å². The van der Waals surface area contributed by atoms with E-state index < -0.39 is 29.2 Å². The van der Waals surface area contributed by atoms with Gasteiger partial charge in [-0.1, -0.05) is 0 Å². The number of piperazine rings is 1. The molecule has 30 heavy (non-hydrogen) atoms. The smallest absolute Gasteiger partial charge is 0.322 e. The molecule has 1 aromatic heterocycles. The lowest BCUT2D eigenvalue weighted by atomic mass is 10.2. The Kier molecular flexibility index (Phi) is 5.65. The molecule has 0 aliphatic carbocycles. The summed E-state index contributed by atoms with van der Waals surface area (Å²) in [6.45, 7) is 5.67. The number of nitrogens with zero attached hydrogens (tertiary/aromatic N) is 5. The highest BCUT2D eigenvalue weighted by Gasteiger charge is 2.25. The van der Waals surface area contributed by atoms with E-state index in [9.17, 15) is 18.0 Å². The Hall–Kier alpha value is -3.04. The highest BCUT2D eigenvalue weighted by molar-refractivity contribution is 5.89. The van der Waals surface area contributed by atoms with Crippen LogP contribution in [0.25, 0.3) is 0 Å². The molecule has 0 unspecified atom stereocenters. The largest absolute Gasteiger partial charge is 0.356 e. The summed E-state index contributed by atoms with van der Waals surface area (Å²) in [7, 11) is 0. The van der Waals surface area contributed by atoms with Crippen molar-refractivity contribution < 1.29 is 18.0 Å². The molecule has 1 aromatic carbocycles. The molecular weight excluding hydrogens is 397 g/mol. The van der Waals surface area contributed by atoms with E-state index in [-0.39, 0.29) is 0 Å². The van der Waals surface area contributed by atoms with E-state index in [0.29, 0.717) is 32.1 Å². The number of benzene rings is 1. The maximum Gasteiger partial charge on any atom is 0.322 e. The van der Waals surface area contributed by atoms with Crippen molar-refractivity contribution in [3.63, 3.8) is 0 Å². The molecule has 2 aliphatic heterocycles. The van der Waals surface area contributed by atoms with Crippen LogP contribution in [0.4, 0.5) is 35.4 Å². The van der Waals surface area contributed by atoms with Crippen molar-refractivity contribution in [1.82, 2.24) is 14.9 Å². The minimum Gasteiger partial charge on any atom is -0.356 e.